The Kier molecular flexibility index (Phi) is 4.43. The zero-order valence-corrected chi connectivity index (χ0v) is 9.92. The monoisotopic (exact) mass is 213 g/mol. The summed E-state index contributed by atoms with van der Waals surface area (Å²) in [5.74, 6) is 0.735. The van der Waals surface area contributed by atoms with Gasteiger partial charge in [-0.2, -0.15) is 0 Å². The molecule has 0 aromatic rings. The van der Waals surface area contributed by atoms with Crippen molar-refractivity contribution < 1.29 is 9.53 Å². The highest BCUT2D eigenvalue weighted by molar-refractivity contribution is 5.65. The highest BCUT2D eigenvalue weighted by atomic mass is 16.6. The lowest BCUT2D eigenvalue weighted by molar-refractivity contribution is 0.0132. The van der Waals surface area contributed by atoms with Gasteiger partial charge < -0.3 is 10.5 Å². The van der Waals surface area contributed by atoms with E-state index >= 15 is 0 Å². The number of primary amides is 1. The van der Waals surface area contributed by atoms with Crippen molar-refractivity contribution in [3.8, 4) is 0 Å². The molecule has 3 nitrogen and oxygen atoms in total. The van der Waals surface area contributed by atoms with Crippen molar-refractivity contribution in [1.29, 1.82) is 0 Å². The van der Waals surface area contributed by atoms with Gasteiger partial charge in [0.15, 0.2) is 0 Å². The molecule has 0 aromatic heterocycles. The van der Waals surface area contributed by atoms with Crippen molar-refractivity contribution in [2.24, 2.45) is 11.7 Å². The van der Waals surface area contributed by atoms with Crippen molar-refractivity contribution in [2.45, 2.75) is 64.4 Å². The Morgan fingerprint density at radius 1 is 1.27 bits per heavy atom. The summed E-state index contributed by atoms with van der Waals surface area (Å²) in [5, 5.41) is 0. The normalized spacial score (nSPS) is 33.6. The summed E-state index contributed by atoms with van der Waals surface area (Å²) in [6, 6.07) is 0. The van der Waals surface area contributed by atoms with E-state index in [1.165, 1.54) is 19.3 Å². The van der Waals surface area contributed by atoms with Crippen molar-refractivity contribution in [3.63, 3.8) is 0 Å². The summed E-state index contributed by atoms with van der Waals surface area (Å²) in [6.07, 6.45) is 7.35. The molecule has 0 radical (unpaired) electrons. The van der Waals surface area contributed by atoms with E-state index < -0.39 is 6.09 Å². The average Bonchev–Trinajstić information content (AvgIpc) is 2.19. The number of nitrogens with two attached hydrogens (primary N) is 1. The van der Waals surface area contributed by atoms with E-state index in [0.717, 1.165) is 31.6 Å². The molecule has 15 heavy (non-hydrogen) atoms. The summed E-state index contributed by atoms with van der Waals surface area (Å²) >= 11 is 0. The molecule has 1 amide bonds. The molecule has 0 aliphatic heterocycles. The zero-order chi connectivity index (χ0) is 11.3. The lowest BCUT2D eigenvalue weighted by atomic mass is 9.91. The van der Waals surface area contributed by atoms with Crippen LogP contribution in [0.5, 0.6) is 0 Å². The van der Waals surface area contributed by atoms with Crippen molar-refractivity contribution in [3.05, 3.63) is 0 Å². The number of ether oxygens (including phenoxy) is 1. The Bertz CT molecular complexity index is 218. The van der Waals surface area contributed by atoms with Gasteiger partial charge in [-0.1, -0.05) is 26.2 Å². The SMILES string of the molecule is CC1CCCCCC(C)(OC(N)=O)CC1. The molecule has 2 unspecified atom stereocenters. The van der Waals surface area contributed by atoms with Gasteiger partial charge in [0, 0.05) is 0 Å². The van der Waals surface area contributed by atoms with Gasteiger partial charge in [0.25, 0.3) is 0 Å². The van der Waals surface area contributed by atoms with E-state index in [-0.39, 0.29) is 5.60 Å². The smallest absolute Gasteiger partial charge is 0.405 e. The Labute approximate surface area is 92.4 Å². The van der Waals surface area contributed by atoms with Gasteiger partial charge in [0.05, 0.1) is 0 Å². The standard InChI is InChI=1S/C12H23NO2/c1-10-6-4-3-5-8-12(2,9-7-10)15-11(13)14/h10H,3-9H2,1-2H3,(H2,13,14). The quantitative estimate of drug-likeness (QED) is 0.727. The van der Waals surface area contributed by atoms with Crippen LogP contribution in [0.1, 0.15) is 58.8 Å². The molecule has 0 bridgehead atoms. The minimum atomic E-state index is -0.635. The molecule has 0 aromatic carbocycles. The van der Waals surface area contributed by atoms with E-state index in [4.69, 9.17) is 10.5 Å². The van der Waals surface area contributed by atoms with E-state index in [1.54, 1.807) is 0 Å². The van der Waals surface area contributed by atoms with E-state index in [2.05, 4.69) is 6.92 Å². The maximum absolute atomic E-state index is 10.8. The van der Waals surface area contributed by atoms with Gasteiger partial charge in [0.1, 0.15) is 5.60 Å². The second-order valence-electron chi connectivity index (χ2n) is 5.11. The average molecular weight is 213 g/mol. The zero-order valence-electron chi connectivity index (χ0n) is 9.92. The fraction of sp³-hybridized carbons (Fsp3) is 0.917. The fourth-order valence-electron chi connectivity index (χ4n) is 2.33. The highest BCUT2D eigenvalue weighted by Crippen LogP contribution is 2.30. The van der Waals surface area contributed by atoms with Crippen LogP contribution in [-0.2, 0) is 4.74 Å². The number of hydrogen-bond acceptors (Lipinski definition) is 2. The number of rotatable bonds is 1. The molecule has 0 saturated heterocycles. The summed E-state index contributed by atoms with van der Waals surface area (Å²) < 4.78 is 5.26. The third kappa shape index (κ3) is 4.54. The molecule has 2 atom stereocenters. The van der Waals surface area contributed by atoms with Crippen molar-refractivity contribution in [2.75, 3.05) is 0 Å². The number of carbonyl (C=O) groups is 1. The predicted octanol–water partition coefficient (Wildman–Crippen LogP) is 3.22. The minimum absolute atomic E-state index is 0.329. The van der Waals surface area contributed by atoms with Crippen LogP contribution in [-0.4, -0.2) is 11.7 Å². The molecule has 1 rings (SSSR count). The van der Waals surface area contributed by atoms with E-state index in [0.29, 0.717) is 0 Å². The molecule has 1 aliphatic carbocycles. The number of carbonyl (C=O) groups excluding carboxylic acids is 1. The van der Waals surface area contributed by atoms with Gasteiger partial charge in [-0.15, -0.1) is 0 Å². The first-order valence-electron chi connectivity index (χ1n) is 6.00. The molecule has 1 saturated carbocycles. The van der Waals surface area contributed by atoms with Crippen LogP contribution in [0.4, 0.5) is 4.79 Å². The van der Waals surface area contributed by atoms with Crippen LogP contribution in [0.25, 0.3) is 0 Å². The van der Waals surface area contributed by atoms with Gasteiger partial charge in [0.2, 0.25) is 0 Å². The molecule has 0 spiro atoms. The molecule has 3 heteroatoms. The summed E-state index contributed by atoms with van der Waals surface area (Å²) in [6.45, 7) is 4.28. The number of amides is 1. The third-order valence-corrected chi connectivity index (χ3v) is 3.42. The summed E-state index contributed by atoms with van der Waals surface area (Å²) in [5.41, 5.74) is 4.78. The molecule has 1 fully saturated rings. The van der Waals surface area contributed by atoms with Crippen LogP contribution in [0.15, 0.2) is 0 Å². The maximum atomic E-state index is 10.8. The van der Waals surface area contributed by atoms with Gasteiger partial charge in [-0.05, 0) is 38.5 Å². The Morgan fingerprint density at radius 2 is 2.00 bits per heavy atom. The summed E-state index contributed by atoms with van der Waals surface area (Å²) in [7, 11) is 0. The molecule has 88 valence electrons. The first-order chi connectivity index (χ1) is 7.02. The third-order valence-electron chi connectivity index (χ3n) is 3.42. The lowest BCUT2D eigenvalue weighted by Crippen LogP contribution is -2.34. The predicted molar refractivity (Wildman–Crippen MR) is 60.6 cm³/mol. The Hall–Kier alpha value is -0.730. The first kappa shape index (κ1) is 12.3. The second kappa shape index (κ2) is 5.38. The van der Waals surface area contributed by atoms with Crippen LogP contribution in [0, 0.1) is 5.92 Å². The molecular weight excluding hydrogens is 190 g/mol. The van der Waals surface area contributed by atoms with Crippen LogP contribution < -0.4 is 5.73 Å². The van der Waals surface area contributed by atoms with Gasteiger partial charge in [-0.3, -0.25) is 0 Å². The van der Waals surface area contributed by atoms with Crippen molar-refractivity contribution >= 4 is 6.09 Å². The minimum Gasteiger partial charge on any atom is -0.443 e. The summed E-state index contributed by atoms with van der Waals surface area (Å²) in [4.78, 5) is 10.8. The molecule has 1 aliphatic rings. The molecule has 0 heterocycles. The lowest BCUT2D eigenvalue weighted by Gasteiger charge is -2.29. The fourth-order valence-corrected chi connectivity index (χ4v) is 2.33. The van der Waals surface area contributed by atoms with Crippen LogP contribution >= 0.6 is 0 Å². The largest absolute Gasteiger partial charge is 0.443 e. The van der Waals surface area contributed by atoms with Crippen molar-refractivity contribution in [1.82, 2.24) is 0 Å². The van der Waals surface area contributed by atoms with E-state index in [9.17, 15) is 4.79 Å². The molecular formula is C12H23NO2. The number of hydrogen-bond donors (Lipinski definition) is 1. The van der Waals surface area contributed by atoms with E-state index in [1.807, 2.05) is 6.92 Å². The van der Waals surface area contributed by atoms with Gasteiger partial charge in [-0.25, -0.2) is 4.79 Å². The Morgan fingerprint density at radius 3 is 2.67 bits per heavy atom. The van der Waals surface area contributed by atoms with Gasteiger partial charge >= 0.3 is 6.09 Å². The Balaban J connectivity index is 2.55. The maximum Gasteiger partial charge on any atom is 0.405 e. The topological polar surface area (TPSA) is 52.3 Å². The second-order valence-corrected chi connectivity index (χ2v) is 5.11. The molecule has 2 N–H and O–H groups in total. The first-order valence-corrected chi connectivity index (χ1v) is 6.00. The van der Waals surface area contributed by atoms with Crippen LogP contribution in [0.2, 0.25) is 0 Å². The highest BCUT2D eigenvalue weighted by Gasteiger charge is 2.28. The van der Waals surface area contributed by atoms with Crippen LogP contribution in [0.3, 0.4) is 0 Å².